The van der Waals surface area contributed by atoms with Crippen LogP contribution in [0.4, 0.5) is 0 Å². The van der Waals surface area contributed by atoms with Gasteiger partial charge in [0.25, 0.3) is 0 Å². The van der Waals surface area contributed by atoms with Gasteiger partial charge in [-0.2, -0.15) is 0 Å². The highest BCUT2D eigenvalue weighted by atomic mass is 16.7. The molecule has 12 heteroatoms. The Morgan fingerprint density at radius 3 is 1.34 bits per heavy atom. The van der Waals surface area contributed by atoms with E-state index in [9.17, 15) is 34.5 Å². The third-order valence-electron chi connectivity index (χ3n) is 10.7. The van der Waals surface area contributed by atoms with Crippen LogP contribution in [0.3, 0.4) is 0 Å². The topological polar surface area (TPSA) is 175 Å². The van der Waals surface area contributed by atoms with E-state index in [1.807, 2.05) is 18.2 Å². The summed E-state index contributed by atoms with van der Waals surface area (Å²) in [7, 11) is 0. The number of carboxylic acid groups (broad SMARTS) is 1. The van der Waals surface area contributed by atoms with Gasteiger partial charge in [-0.3, -0.25) is 14.4 Å². The Labute approximate surface area is 426 Å². The zero-order chi connectivity index (χ0) is 51.8. The quantitative estimate of drug-likeness (QED) is 0.0229. The molecule has 3 N–H and O–H groups in total. The van der Waals surface area contributed by atoms with Crippen molar-refractivity contribution in [3.63, 3.8) is 0 Å². The minimum Gasteiger partial charge on any atom is -0.479 e. The Morgan fingerprint density at radius 1 is 0.465 bits per heavy atom. The van der Waals surface area contributed by atoms with Crippen LogP contribution < -0.4 is 0 Å². The molecule has 6 atom stereocenters. The SMILES string of the molecule is CC/C=C\C/C=C\C/C=C\C/C=C\CCCCC(=O)OC1C(OCC(COC(=O)CC/C=C\C/C=C\C/C=C\C/C=C\CC)OC(=O)CCCCC/C=C\C/C=C\C/C=C\CC)OC(C(=O)O)C(O)C1O. The van der Waals surface area contributed by atoms with Gasteiger partial charge < -0.3 is 39.0 Å². The Hall–Kier alpha value is -5.14. The monoisotopic (exact) mass is 989 g/mol. The molecule has 12 nitrogen and oxygen atoms in total. The van der Waals surface area contributed by atoms with Crippen molar-refractivity contribution >= 4 is 23.9 Å². The lowest BCUT2D eigenvalue weighted by Gasteiger charge is -2.40. The van der Waals surface area contributed by atoms with Gasteiger partial charge in [0.15, 0.2) is 24.6 Å². The van der Waals surface area contributed by atoms with E-state index in [4.69, 9.17) is 23.7 Å². The molecule has 0 aromatic rings. The van der Waals surface area contributed by atoms with Gasteiger partial charge in [0.1, 0.15) is 18.8 Å². The number of carbonyl (C=O) groups excluding carboxylic acids is 3. The Balaban J connectivity index is 2.83. The fourth-order valence-electron chi connectivity index (χ4n) is 6.80. The third-order valence-corrected chi connectivity index (χ3v) is 10.7. The van der Waals surface area contributed by atoms with Crippen LogP contribution in [0.1, 0.15) is 162 Å². The molecule has 1 heterocycles. The lowest BCUT2D eigenvalue weighted by Crippen LogP contribution is -2.61. The van der Waals surface area contributed by atoms with Crippen LogP contribution >= 0.6 is 0 Å². The van der Waals surface area contributed by atoms with E-state index >= 15 is 0 Å². The lowest BCUT2D eigenvalue weighted by molar-refractivity contribution is -0.301. The summed E-state index contributed by atoms with van der Waals surface area (Å²) in [5.41, 5.74) is 0. The van der Waals surface area contributed by atoms with Crippen molar-refractivity contribution < 1.29 is 58.2 Å². The Kier molecular flexibility index (Phi) is 41.4. The average molecular weight is 989 g/mol. The van der Waals surface area contributed by atoms with E-state index in [0.717, 1.165) is 96.3 Å². The van der Waals surface area contributed by atoms with Crippen LogP contribution in [0, 0.1) is 0 Å². The van der Waals surface area contributed by atoms with Gasteiger partial charge in [-0.1, -0.05) is 161 Å². The van der Waals surface area contributed by atoms with Crippen LogP contribution in [-0.4, -0.2) is 89.2 Å². The maximum Gasteiger partial charge on any atom is 0.335 e. The zero-order valence-corrected chi connectivity index (χ0v) is 43.2. The summed E-state index contributed by atoms with van der Waals surface area (Å²) < 4.78 is 28.1. The maximum atomic E-state index is 13.1. The van der Waals surface area contributed by atoms with E-state index in [-0.39, 0.29) is 25.9 Å². The number of ether oxygens (including phenoxy) is 5. The van der Waals surface area contributed by atoms with E-state index < -0.39 is 67.3 Å². The second-order valence-electron chi connectivity index (χ2n) is 17.0. The van der Waals surface area contributed by atoms with Crippen molar-refractivity contribution in [2.24, 2.45) is 0 Å². The van der Waals surface area contributed by atoms with Crippen molar-refractivity contribution in [3.05, 3.63) is 134 Å². The number of unbranched alkanes of at least 4 members (excludes halogenated alkanes) is 5. The predicted octanol–water partition coefficient (Wildman–Crippen LogP) is 12.7. The van der Waals surface area contributed by atoms with E-state index in [1.165, 1.54) is 0 Å². The smallest absolute Gasteiger partial charge is 0.335 e. The van der Waals surface area contributed by atoms with Gasteiger partial charge in [-0.25, -0.2) is 4.79 Å². The number of carboxylic acids is 1. The van der Waals surface area contributed by atoms with Crippen LogP contribution in [0.5, 0.6) is 0 Å². The highest BCUT2D eigenvalue weighted by molar-refractivity contribution is 5.74. The molecule has 0 aromatic carbocycles. The highest BCUT2D eigenvalue weighted by Crippen LogP contribution is 2.26. The standard InChI is InChI=1S/C59H88O12/c1-4-7-10-13-16-19-22-25-26-29-32-35-38-41-44-47-53(62)70-57-55(64)54(63)56(58(65)66)71-59(57)68-49-50(69-52(61)46-43-40-37-34-31-28-24-21-18-15-12-9-6-3)48-67-51(60)45-42-39-36-33-30-27-23-20-17-14-11-8-5-2/h7-12,16-21,25-28,30-32,35-36,39,50,54-57,59,63-64H,4-6,13-15,22-24,29,33-34,37-38,40-49H2,1-3H3,(H,65,66)/b10-7-,11-8-,12-9-,19-16-,20-17-,21-18-,26-25-,30-27-,31-28-,35-32-,39-36-. The summed E-state index contributed by atoms with van der Waals surface area (Å²) in [6.07, 6.45) is 51.8. The van der Waals surface area contributed by atoms with Gasteiger partial charge >= 0.3 is 23.9 Å². The van der Waals surface area contributed by atoms with Crippen LogP contribution in [0.15, 0.2) is 134 Å². The van der Waals surface area contributed by atoms with E-state index in [0.29, 0.717) is 25.7 Å². The van der Waals surface area contributed by atoms with Gasteiger partial charge in [0, 0.05) is 19.3 Å². The third kappa shape index (κ3) is 36.4. The summed E-state index contributed by atoms with van der Waals surface area (Å²) in [6.45, 7) is 5.49. The molecule has 1 rings (SSSR count). The van der Waals surface area contributed by atoms with Gasteiger partial charge in [0.05, 0.1) is 6.61 Å². The van der Waals surface area contributed by atoms with E-state index in [2.05, 4.69) is 136 Å². The largest absolute Gasteiger partial charge is 0.479 e. The van der Waals surface area contributed by atoms with Crippen LogP contribution in [0.25, 0.3) is 0 Å². The Morgan fingerprint density at radius 2 is 0.873 bits per heavy atom. The number of aliphatic hydroxyl groups excluding tert-OH is 2. The first-order chi connectivity index (χ1) is 34.6. The molecule has 0 bridgehead atoms. The molecule has 396 valence electrons. The lowest BCUT2D eigenvalue weighted by atomic mass is 9.98. The summed E-state index contributed by atoms with van der Waals surface area (Å²) >= 11 is 0. The number of esters is 3. The first-order valence-corrected chi connectivity index (χ1v) is 26.2. The molecule has 0 aromatic heterocycles. The number of hydrogen-bond acceptors (Lipinski definition) is 11. The molecule has 1 fully saturated rings. The second-order valence-corrected chi connectivity index (χ2v) is 17.0. The number of rotatable bonds is 41. The zero-order valence-electron chi connectivity index (χ0n) is 43.2. The highest BCUT2D eigenvalue weighted by Gasteiger charge is 2.50. The fraction of sp³-hybridized carbons (Fsp3) is 0.559. The molecule has 0 saturated carbocycles. The molecule has 1 aliphatic heterocycles. The first kappa shape index (κ1) is 63.9. The molecular weight excluding hydrogens is 901 g/mol. The molecule has 1 aliphatic rings. The van der Waals surface area contributed by atoms with Crippen molar-refractivity contribution in [1.29, 1.82) is 0 Å². The Bertz CT molecular complexity index is 1740. The molecular formula is C59H88O12. The normalized spacial score (nSPS) is 19.6. The molecule has 0 spiro atoms. The van der Waals surface area contributed by atoms with Gasteiger partial charge in [0.2, 0.25) is 0 Å². The number of carbonyl (C=O) groups is 4. The minimum absolute atomic E-state index is 0.0101. The van der Waals surface area contributed by atoms with Crippen molar-refractivity contribution in [3.8, 4) is 0 Å². The molecule has 0 amide bonds. The van der Waals surface area contributed by atoms with Crippen LogP contribution in [-0.2, 0) is 42.9 Å². The molecule has 0 aliphatic carbocycles. The van der Waals surface area contributed by atoms with Gasteiger partial charge in [-0.05, 0) is 116 Å². The molecule has 6 unspecified atom stereocenters. The summed E-state index contributed by atoms with van der Waals surface area (Å²) in [6, 6.07) is 0. The molecule has 1 saturated heterocycles. The number of aliphatic carboxylic acids is 1. The molecule has 71 heavy (non-hydrogen) atoms. The summed E-state index contributed by atoms with van der Waals surface area (Å²) in [4.78, 5) is 50.8. The summed E-state index contributed by atoms with van der Waals surface area (Å²) in [5.74, 6) is -3.36. The average Bonchev–Trinajstić information content (AvgIpc) is 3.35. The van der Waals surface area contributed by atoms with Crippen molar-refractivity contribution in [2.45, 2.75) is 199 Å². The maximum absolute atomic E-state index is 13.1. The predicted molar refractivity (Wildman–Crippen MR) is 284 cm³/mol. The van der Waals surface area contributed by atoms with Gasteiger partial charge in [-0.15, -0.1) is 0 Å². The number of allylic oxidation sites excluding steroid dienone is 22. The minimum atomic E-state index is -1.94. The van der Waals surface area contributed by atoms with E-state index in [1.54, 1.807) is 0 Å². The van der Waals surface area contributed by atoms with Crippen LogP contribution in [0.2, 0.25) is 0 Å². The number of aliphatic hydroxyl groups is 2. The van der Waals surface area contributed by atoms with Crippen molar-refractivity contribution in [1.82, 2.24) is 0 Å². The van der Waals surface area contributed by atoms with Crippen molar-refractivity contribution in [2.75, 3.05) is 13.2 Å². The molecule has 0 radical (unpaired) electrons. The first-order valence-electron chi connectivity index (χ1n) is 26.2. The number of hydrogen-bond donors (Lipinski definition) is 3. The fourth-order valence-corrected chi connectivity index (χ4v) is 6.80. The second kappa shape index (κ2) is 46.0. The summed E-state index contributed by atoms with van der Waals surface area (Å²) in [5, 5.41) is 31.3.